The maximum atomic E-state index is 11.9. The van der Waals surface area contributed by atoms with Gasteiger partial charge in [0.2, 0.25) is 0 Å². The largest absolute Gasteiger partial charge is 0.497 e. The van der Waals surface area contributed by atoms with Crippen molar-refractivity contribution < 1.29 is 19.4 Å². The zero-order chi connectivity index (χ0) is 21.5. The molecule has 0 unspecified atom stereocenters. The molecule has 1 aromatic heterocycles. The number of hydrogen-bond donors (Lipinski definition) is 3. The minimum Gasteiger partial charge on any atom is -0.497 e. The number of nitrogens with zero attached hydrogens (tertiary/aromatic N) is 3. The van der Waals surface area contributed by atoms with Crippen LogP contribution >= 0.6 is 0 Å². The topological polar surface area (TPSA) is 111 Å². The lowest BCUT2D eigenvalue weighted by atomic mass is 9.97. The fraction of sp³-hybridized carbons (Fsp3) is 0.571. The lowest BCUT2D eigenvalue weighted by Crippen LogP contribution is -2.54. The van der Waals surface area contributed by atoms with Crippen LogP contribution in [0.3, 0.4) is 0 Å². The van der Waals surface area contributed by atoms with E-state index in [0.717, 1.165) is 36.3 Å². The van der Waals surface area contributed by atoms with Crippen molar-refractivity contribution in [1.82, 2.24) is 25.6 Å². The molecule has 1 aromatic carbocycles. The van der Waals surface area contributed by atoms with E-state index in [1.54, 1.807) is 11.8 Å². The minimum atomic E-state index is -0.410. The average Bonchev–Trinajstić information content (AvgIpc) is 3.21. The molecule has 3 atom stereocenters. The van der Waals surface area contributed by atoms with Crippen LogP contribution in [0, 0.1) is 0 Å². The Hall–Kier alpha value is -2.65. The third-order valence-electron chi connectivity index (χ3n) is 5.14. The molecule has 30 heavy (non-hydrogen) atoms. The van der Waals surface area contributed by atoms with Crippen LogP contribution in [0.1, 0.15) is 33.1 Å². The maximum absolute atomic E-state index is 11.9. The van der Waals surface area contributed by atoms with E-state index in [1.165, 1.54) is 0 Å². The van der Waals surface area contributed by atoms with Crippen LogP contribution in [0.15, 0.2) is 30.5 Å². The number of carbonyl (C=O) groups excluding carboxylic acids is 1. The number of aliphatic hydroxyl groups is 1. The fourth-order valence-corrected chi connectivity index (χ4v) is 3.56. The zero-order valence-electron chi connectivity index (χ0n) is 17.7. The number of aliphatic hydroxyl groups excluding tert-OH is 1. The Labute approximate surface area is 176 Å². The Kier molecular flexibility index (Phi) is 7.64. The molecule has 0 bridgehead atoms. The molecule has 2 heterocycles. The Morgan fingerprint density at radius 3 is 2.77 bits per heavy atom. The summed E-state index contributed by atoms with van der Waals surface area (Å²) < 4.78 is 13.0. The number of amides is 2. The van der Waals surface area contributed by atoms with Crippen LogP contribution in [0.2, 0.25) is 0 Å². The number of benzene rings is 1. The maximum Gasteiger partial charge on any atom is 0.315 e. The first-order chi connectivity index (χ1) is 14.5. The molecular weight excluding hydrogens is 386 g/mol. The van der Waals surface area contributed by atoms with Crippen LogP contribution in [0.4, 0.5) is 4.79 Å². The van der Waals surface area contributed by atoms with Gasteiger partial charge in [0.15, 0.2) is 0 Å². The average molecular weight is 418 g/mol. The summed E-state index contributed by atoms with van der Waals surface area (Å²) in [5, 5.41) is 23.8. The quantitative estimate of drug-likeness (QED) is 0.606. The van der Waals surface area contributed by atoms with Gasteiger partial charge in [-0.2, -0.15) is 0 Å². The van der Waals surface area contributed by atoms with Crippen molar-refractivity contribution in [2.45, 2.75) is 63.9 Å². The molecule has 1 aliphatic rings. The number of ether oxygens (including phenoxy) is 2. The predicted octanol–water partition coefficient (Wildman–Crippen LogP) is 1.96. The summed E-state index contributed by atoms with van der Waals surface area (Å²) >= 11 is 0. The molecule has 164 valence electrons. The normalized spacial score (nSPS) is 21.4. The van der Waals surface area contributed by atoms with Gasteiger partial charge in [-0.15, -0.1) is 5.10 Å². The van der Waals surface area contributed by atoms with Gasteiger partial charge in [-0.1, -0.05) is 5.21 Å². The molecule has 0 radical (unpaired) electrons. The van der Waals surface area contributed by atoms with Crippen molar-refractivity contribution >= 4 is 6.03 Å². The van der Waals surface area contributed by atoms with Gasteiger partial charge in [-0.3, -0.25) is 4.68 Å². The van der Waals surface area contributed by atoms with E-state index < -0.39 is 6.10 Å². The van der Waals surface area contributed by atoms with Gasteiger partial charge in [0.25, 0.3) is 0 Å². The highest BCUT2D eigenvalue weighted by atomic mass is 16.5. The highest BCUT2D eigenvalue weighted by Gasteiger charge is 2.31. The SMILES string of the molecule is COc1ccc(-c2cn(CC[C@@H]3CC[C@H](NC(=O)NC(C)C)[C@H](CO)O3)nn2)cc1. The number of nitrogens with one attached hydrogen (secondary N) is 2. The first kappa shape index (κ1) is 22.0. The van der Waals surface area contributed by atoms with Crippen molar-refractivity contribution in [1.29, 1.82) is 0 Å². The molecule has 0 spiro atoms. The van der Waals surface area contributed by atoms with Gasteiger partial charge in [0.05, 0.1) is 32.1 Å². The van der Waals surface area contributed by atoms with Crippen molar-refractivity contribution in [2.75, 3.05) is 13.7 Å². The van der Waals surface area contributed by atoms with Gasteiger partial charge >= 0.3 is 6.03 Å². The first-order valence-corrected chi connectivity index (χ1v) is 10.4. The lowest BCUT2D eigenvalue weighted by molar-refractivity contribution is -0.0908. The number of urea groups is 1. The van der Waals surface area contributed by atoms with Crippen LogP contribution in [0.25, 0.3) is 11.3 Å². The summed E-state index contributed by atoms with van der Waals surface area (Å²) in [7, 11) is 1.64. The Morgan fingerprint density at radius 1 is 1.33 bits per heavy atom. The van der Waals surface area contributed by atoms with Crippen molar-refractivity contribution in [3.05, 3.63) is 30.5 Å². The van der Waals surface area contributed by atoms with E-state index in [-0.39, 0.29) is 30.8 Å². The molecular formula is C21H31N5O4. The third-order valence-corrected chi connectivity index (χ3v) is 5.14. The van der Waals surface area contributed by atoms with Crippen LogP contribution < -0.4 is 15.4 Å². The van der Waals surface area contributed by atoms with Crippen molar-refractivity contribution in [2.24, 2.45) is 0 Å². The number of methoxy groups -OCH3 is 1. The van der Waals surface area contributed by atoms with E-state index in [1.807, 2.05) is 44.3 Å². The monoisotopic (exact) mass is 417 g/mol. The van der Waals surface area contributed by atoms with Gasteiger partial charge in [-0.05, 0) is 57.4 Å². The van der Waals surface area contributed by atoms with Crippen molar-refractivity contribution in [3.8, 4) is 17.0 Å². The smallest absolute Gasteiger partial charge is 0.315 e. The third kappa shape index (κ3) is 5.93. The van der Waals surface area contributed by atoms with E-state index >= 15 is 0 Å². The molecule has 2 amide bonds. The van der Waals surface area contributed by atoms with Crippen LogP contribution in [-0.2, 0) is 11.3 Å². The van der Waals surface area contributed by atoms with Crippen molar-refractivity contribution in [3.63, 3.8) is 0 Å². The lowest BCUT2D eigenvalue weighted by Gasteiger charge is -2.36. The molecule has 2 aromatic rings. The van der Waals surface area contributed by atoms with Gasteiger partial charge in [0, 0.05) is 18.2 Å². The molecule has 3 N–H and O–H groups in total. The summed E-state index contributed by atoms with van der Waals surface area (Å²) in [6.45, 7) is 4.34. The number of aryl methyl sites for hydroxylation is 1. The van der Waals surface area contributed by atoms with Gasteiger partial charge in [0.1, 0.15) is 17.5 Å². The van der Waals surface area contributed by atoms with E-state index in [2.05, 4.69) is 20.9 Å². The van der Waals surface area contributed by atoms with Gasteiger partial charge in [-0.25, -0.2) is 4.79 Å². The van der Waals surface area contributed by atoms with Crippen LogP contribution in [-0.4, -0.2) is 64.1 Å². The molecule has 9 heteroatoms. The summed E-state index contributed by atoms with van der Waals surface area (Å²) in [5.74, 6) is 0.800. The summed E-state index contributed by atoms with van der Waals surface area (Å²) in [4.78, 5) is 11.9. The zero-order valence-corrected chi connectivity index (χ0v) is 17.7. The predicted molar refractivity (Wildman–Crippen MR) is 112 cm³/mol. The molecule has 9 nitrogen and oxygen atoms in total. The van der Waals surface area contributed by atoms with E-state index in [4.69, 9.17) is 9.47 Å². The Morgan fingerprint density at radius 2 is 2.10 bits per heavy atom. The van der Waals surface area contributed by atoms with Gasteiger partial charge < -0.3 is 25.2 Å². The molecule has 1 fully saturated rings. The Bertz CT molecular complexity index is 808. The highest BCUT2D eigenvalue weighted by molar-refractivity contribution is 5.74. The second-order valence-electron chi connectivity index (χ2n) is 7.82. The number of aromatic nitrogens is 3. The number of hydrogen-bond acceptors (Lipinski definition) is 6. The summed E-state index contributed by atoms with van der Waals surface area (Å²) in [5.41, 5.74) is 1.78. The Balaban J connectivity index is 1.49. The van der Waals surface area contributed by atoms with E-state index in [0.29, 0.717) is 6.54 Å². The minimum absolute atomic E-state index is 0.00185. The fourth-order valence-electron chi connectivity index (χ4n) is 3.56. The molecule has 0 aliphatic carbocycles. The van der Waals surface area contributed by atoms with Crippen LogP contribution in [0.5, 0.6) is 5.75 Å². The molecule has 1 saturated heterocycles. The number of rotatable bonds is 8. The molecule has 0 saturated carbocycles. The summed E-state index contributed by atoms with van der Waals surface area (Å²) in [6, 6.07) is 7.32. The highest BCUT2D eigenvalue weighted by Crippen LogP contribution is 2.23. The second-order valence-corrected chi connectivity index (χ2v) is 7.82. The second kappa shape index (κ2) is 10.4. The first-order valence-electron chi connectivity index (χ1n) is 10.4. The molecule has 1 aliphatic heterocycles. The molecule has 3 rings (SSSR count). The van der Waals surface area contributed by atoms with E-state index in [9.17, 15) is 9.90 Å². The summed E-state index contributed by atoms with van der Waals surface area (Å²) in [6.07, 6.45) is 3.83. The standard InChI is InChI=1S/C21H31N5O4/c1-14(2)22-21(28)23-18-9-8-17(30-20(18)13-27)10-11-26-12-19(24-25-26)15-4-6-16(29-3)7-5-15/h4-7,12,14,17-18,20,27H,8-11,13H2,1-3H3,(H2,22,23,28)/t17-,18-,20-/m0/s1. The number of carbonyl (C=O) groups is 1.